The van der Waals surface area contributed by atoms with Crippen molar-refractivity contribution in [2.75, 3.05) is 0 Å². The Bertz CT molecular complexity index is 102. The van der Waals surface area contributed by atoms with Gasteiger partial charge in [0.25, 0.3) is 0 Å². The third kappa shape index (κ3) is 134. The van der Waals surface area contributed by atoms with Gasteiger partial charge in [-0.3, -0.25) is 9.11 Å². The molecule has 4 nitrogen and oxygen atoms in total. The van der Waals surface area contributed by atoms with E-state index >= 15 is 0 Å². The zero-order valence-corrected chi connectivity index (χ0v) is 5.66. The summed E-state index contributed by atoms with van der Waals surface area (Å²) in [5.41, 5.74) is 0. The van der Waals surface area contributed by atoms with Gasteiger partial charge in [0.1, 0.15) is 0 Å². The van der Waals surface area contributed by atoms with Crippen LogP contribution in [0.25, 0.3) is 0 Å². The second-order valence-corrected chi connectivity index (χ2v) is 1.34. The van der Waals surface area contributed by atoms with Gasteiger partial charge in [-0.25, -0.2) is 0 Å². The van der Waals surface area contributed by atoms with Crippen LogP contribution in [0, 0.1) is 0 Å². The van der Waals surface area contributed by atoms with E-state index in [-0.39, 0.29) is 81.0 Å². The second kappa shape index (κ2) is 12.9. The van der Waals surface area contributed by atoms with E-state index in [1.54, 1.807) is 0 Å². The molecule has 0 aromatic carbocycles. The Morgan fingerprint density at radius 1 is 1.11 bits per heavy atom. The van der Waals surface area contributed by atoms with Gasteiger partial charge in [-0.05, 0) is 0 Å². The van der Waals surface area contributed by atoms with Crippen LogP contribution in [-0.4, -0.2) is 72.6 Å². The molecule has 0 aliphatic carbocycles. The molecule has 0 amide bonds. The van der Waals surface area contributed by atoms with Crippen LogP contribution in [-0.2, 0) is 10.4 Å². The summed E-state index contributed by atoms with van der Waals surface area (Å²) in [7, 11) is -4.67. The van der Waals surface area contributed by atoms with Crippen LogP contribution in [0.1, 0.15) is 0 Å². The van der Waals surface area contributed by atoms with Gasteiger partial charge in [-0.2, -0.15) is 21.9 Å². The summed E-state index contributed by atoms with van der Waals surface area (Å²) in [6, 6.07) is 0. The third-order valence-electron chi connectivity index (χ3n) is 0. The molecule has 58 valence electrons. The Morgan fingerprint density at radius 2 is 1.11 bits per heavy atom. The van der Waals surface area contributed by atoms with Gasteiger partial charge in [0, 0.05) is 0 Å². The van der Waals surface area contributed by atoms with Crippen molar-refractivity contribution in [1.29, 1.82) is 0 Å². The fourth-order valence-corrected chi connectivity index (χ4v) is 0. The Kier molecular flexibility index (Phi) is 43.4. The molecular weight excluding hydrogens is 231 g/mol. The van der Waals surface area contributed by atoms with Crippen LogP contribution in [0.5, 0.6) is 0 Å². The van der Waals surface area contributed by atoms with Crippen molar-refractivity contribution in [3.05, 3.63) is 0 Å². The van der Waals surface area contributed by atoms with Crippen molar-refractivity contribution >= 4 is 91.4 Å². The van der Waals surface area contributed by atoms with E-state index in [0.29, 0.717) is 0 Å². The van der Waals surface area contributed by atoms with Crippen LogP contribution >= 0.6 is 25.9 Å². The summed E-state index contributed by atoms with van der Waals surface area (Å²) in [4.78, 5) is 0. The summed E-state index contributed by atoms with van der Waals surface area (Å²) >= 11 is 0. The molecule has 0 atom stereocenters. The van der Waals surface area contributed by atoms with Gasteiger partial charge >= 0.3 is 48.1 Å². The normalized spacial score (nSPS) is 6.44. The molecule has 0 spiro atoms. The van der Waals surface area contributed by atoms with E-state index in [4.69, 9.17) is 17.5 Å². The molecule has 2 N–H and O–H groups in total. The van der Waals surface area contributed by atoms with Gasteiger partial charge in [0.15, 0.2) is 17.4 Å². The average molecular weight is 241 g/mol. The Hall–Kier alpha value is 2.30. The topological polar surface area (TPSA) is 74.6 Å². The summed E-state index contributed by atoms with van der Waals surface area (Å²) < 4.78 is 31.6. The maximum absolute atomic E-state index is 8.74. The molecule has 0 saturated heterocycles. The maximum atomic E-state index is 8.74. The second-order valence-electron chi connectivity index (χ2n) is 0.448. The van der Waals surface area contributed by atoms with E-state index in [0.717, 1.165) is 0 Å². The molecule has 9 heavy (non-hydrogen) atoms. The van der Waals surface area contributed by atoms with E-state index < -0.39 is 10.4 Å². The first-order valence-corrected chi connectivity index (χ1v) is 2.10. The van der Waals surface area contributed by atoms with Gasteiger partial charge in [0.05, 0.1) is 0 Å². The third-order valence-corrected chi connectivity index (χ3v) is 0. The molecule has 0 fully saturated rings. The summed E-state index contributed by atoms with van der Waals surface area (Å²) in [6.07, 6.45) is 0. The predicted octanol–water partition coefficient (Wildman–Crippen LogP) is -2.22. The Labute approximate surface area is 107 Å². The van der Waals surface area contributed by atoms with E-state index in [9.17, 15) is 0 Å². The quantitative estimate of drug-likeness (QED) is 0.372. The molecule has 0 radical (unpaired) electrons. The van der Waals surface area contributed by atoms with Crippen LogP contribution in [0.3, 0.4) is 0 Å². The molecule has 0 rings (SSSR count). The molecule has 0 saturated carbocycles. The first kappa shape index (κ1) is 30.2. The van der Waals surface area contributed by atoms with Crippen molar-refractivity contribution in [2.24, 2.45) is 0 Å². The summed E-state index contributed by atoms with van der Waals surface area (Å²) in [5, 5.41) is 0. The van der Waals surface area contributed by atoms with Gasteiger partial charge in [-0.15, -0.1) is 12.4 Å². The molecule has 0 bridgehead atoms. The molecule has 0 aliphatic rings. The molecule has 0 heterocycles. The van der Waals surface area contributed by atoms with E-state index in [1.165, 1.54) is 0 Å². The minimum atomic E-state index is -4.67. The predicted molar refractivity (Wildman–Crippen MR) is 50.3 cm³/mol. The van der Waals surface area contributed by atoms with Crippen molar-refractivity contribution < 1.29 is 17.5 Å². The molecule has 9 heteroatoms. The molecule has 0 aromatic rings. The number of hydrogen-bond acceptors (Lipinski definition) is 2. The molecule has 0 aromatic heterocycles. The molecule has 0 aliphatic heterocycles. The number of rotatable bonds is 0. The van der Waals surface area contributed by atoms with Crippen LogP contribution in [0.2, 0.25) is 0 Å². The Morgan fingerprint density at radius 3 is 1.11 bits per heavy atom. The van der Waals surface area contributed by atoms with Gasteiger partial charge < -0.3 is 0 Å². The number of hydrogen-bond donors (Lipinski definition) is 2. The van der Waals surface area contributed by atoms with E-state index in [2.05, 4.69) is 0 Å². The zero-order chi connectivity index (χ0) is 4.50. The molecular formula is H10AlCaClO4S2. The van der Waals surface area contributed by atoms with Crippen LogP contribution in [0.4, 0.5) is 0 Å². The fraction of sp³-hybridized carbons (Fsp3) is 0. The standard InChI is InChI=1S/Al.Ca.ClH.H2O4S.H2S.5H/c;;;1-5(2,3)4;;;;;;/h;;1H;(H2,1,2,3,4);1H2;;;;;. The summed E-state index contributed by atoms with van der Waals surface area (Å²) in [6.45, 7) is 0. The van der Waals surface area contributed by atoms with Crippen LogP contribution in [0.15, 0.2) is 0 Å². The first-order chi connectivity index (χ1) is 2.00. The minimum absolute atomic E-state index is 0. The zero-order valence-electron chi connectivity index (χ0n) is 3.03. The fourth-order valence-electron chi connectivity index (χ4n) is 0. The summed E-state index contributed by atoms with van der Waals surface area (Å²) in [5.74, 6) is 0. The average Bonchev–Trinajstić information content (AvgIpc) is 0.722. The van der Waals surface area contributed by atoms with Crippen molar-refractivity contribution in [3.8, 4) is 0 Å². The van der Waals surface area contributed by atoms with Gasteiger partial charge in [0.2, 0.25) is 0 Å². The van der Waals surface area contributed by atoms with E-state index in [1.807, 2.05) is 0 Å². The molecule has 0 unspecified atom stereocenters. The monoisotopic (exact) mass is 240 g/mol. The Balaban J connectivity index is -0.0000000133. The van der Waals surface area contributed by atoms with Crippen molar-refractivity contribution in [3.63, 3.8) is 0 Å². The van der Waals surface area contributed by atoms with Crippen molar-refractivity contribution in [1.82, 2.24) is 0 Å². The first-order valence-electron chi connectivity index (χ1n) is 0.698. The van der Waals surface area contributed by atoms with Gasteiger partial charge in [-0.1, -0.05) is 0 Å². The van der Waals surface area contributed by atoms with Crippen LogP contribution < -0.4 is 0 Å². The SMILES string of the molecule is Cl.O=S(=O)(O)O.S.[AlH3].[CaH2]. The van der Waals surface area contributed by atoms with Crippen molar-refractivity contribution in [2.45, 2.75) is 0 Å². The number of halogens is 1.